The molecule has 7 heteroatoms. The zero-order chi connectivity index (χ0) is 21.3. The van der Waals surface area contributed by atoms with Crippen molar-refractivity contribution in [1.29, 1.82) is 0 Å². The molecule has 0 fully saturated rings. The highest BCUT2D eigenvalue weighted by molar-refractivity contribution is 7.80. The van der Waals surface area contributed by atoms with Gasteiger partial charge in [0.2, 0.25) is 0 Å². The van der Waals surface area contributed by atoms with E-state index in [4.69, 9.17) is 17.0 Å². The number of thiocarbonyl (C=S) groups is 1. The minimum absolute atomic E-state index is 0.256. The van der Waals surface area contributed by atoms with E-state index < -0.39 is 0 Å². The smallest absolute Gasteiger partial charge is 0.269 e. The summed E-state index contributed by atoms with van der Waals surface area (Å²) in [6, 6.07) is 21.5. The molecule has 30 heavy (non-hydrogen) atoms. The van der Waals surface area contributed by atoms with Gasteiger partial charge in [0.15, 0.2) is 5.11 Å². The summed E-state index contributed by atoms with van der Waals surface area (Å²) in [6.07, 6.45) is 0. The molecule has 0 unspecified atom stereocenters. The van der Waals surface area contributed by atoms with Crippen molar-refractivity contribution >= 4 is 34.0 Å². The molecule has 3 N–H and O–H groups in total. The van der Waals surface area contributed by atoms with Gasteiger partial charge in [-0.2, -0.15) is 0 Å². The Balaban J connectivity index is 1.46. The van der Waals surface area contributed by atoms with Crippen LogP contribution in [-0.4, -0.2) is 43.1 Å². The van der Waals surface area contributed by atoms with Crippen molar-refractivity contribution in [1.82, 2.24) is 21.1 Å². The van der Waals surface area contributed by atoms with Gasteiger partial charge in [-0.1, -0.05) is 42.5 Å². The zero-order valence-electron chi connectivity index (χ0n) is 17.1. The van der Waals surface area contributed by atoms with Gasteiger partial charge in [0.25, 0.3) is 5.91 Å². The summed E-state index contributed by atoms with van der Waals surface area (Å²) in [5.41, 5.74) is 6.82. The monoisotopic (exact) mass is 422 g/mol. The second-order valence-electron chi connectivity index (χ2n) is 7.13. The van der Waals surface area contributed by atoms with Gasteiger partial charge < -0.3 is 15.0 Å². The maximum Gasteiger partial charge on any atom is 0.269 e. The summed E-state index contributed by atoms with van der Waals surface area (Å²) >= 11 is 5.13. The molecule has 0 saturated heterocycles. The molecule has 0 bridgehead atoms. The van der Waals surface area contributed by atoms with Crippen molar-refractivity contribution in [3.05, 3.63) is 77.9 Å². The predicted octanol–water partition coefficient (Wildman–Crippen LogP) is 3.09. The Bertz CT molecular complexity index is 1010. The molecular weight excluding hydrogens is 396 g/mol. The molecule has 0 atom stereocenters. The summed E-state index contributed by atoms with van der Waals surface area (Å²) < 4.78 is 5.89. The molecule has 6 nitrogen and oxygen atoms in total. The zero-order valence-corrected chi connectivity index (χ0v) is 18.0. The van der Waals surface area contributed by atoms with Gasteiger partial charge in [-0.3, -0.25) is 15.6 Å². The Labute approximate surface area is 182 Å². The van der Waals surface area contributed by atoms with Gasteiger partial charge in [-0.25, -0.2) is 0 Å². The number of ether oxygens (including phenoxy) is 1. The number of carbonyl (C=O) groups is 1. The summed E-state index contributed by atoms with van der Waals surface area (Å²) in [6.45, 7) is 1.97. The van der Waals surface area contributed by atoms with Crippen LogP contribution < -0.4 is 20.9 Å². The largest absolute Gasteiger partial charge is 0.489 e. The van der Waals surface area contributed by atoms with E-state index in [1.807, 2.05) is 61.5 Å². The van der Waals surface area contributed by atoms with E-state index in [2.05, 4.69) is 28.3 Å². The summed E-state index contributed by atoms with van der Waals surface area (Å²) in [5, 5.41) is 5.72. The van der Waals surface area contributed by atoms with Crippen molar-refractivity contribution in [2.75, 3.05) is 27.2 Å². The van der Waals surface area contributed by atoms with Crippen molar-refractivity contribution in [2.45, 2.75) is 6.61 Å². The van der Waals surface area contributed by atoms with Crippen LogP contribution in [0.1, 0.15) is 15.9 Å². The normalized spacial score (nSPS) is 10.6. The fourth-order valence-corrected chi connectivity index (χ4v) is 2.95. The van der Waals surface area contributed by atoms with Crippen LogP contribution in [0.3, 0.4) is 0 Å². The number of fused-ring (bicyclic) bond motifs is 1. The lowest BCUT2D eigenvalue weighted by Crippen LogP contribution is -2.47. The number of amides is 1. The topological polar surface area (TPSA) is 65.6 Å². The highest BCUT2D eigenvalue weighted by atomic mass is 32.1. The van der Waals surface area contributed by atoms with Gasteiger partial charge in [0, 0.05) is 18.7 Å². The van der Waals surface area contributed by atoms with Crippen LogP contribution in [0.4, 0.5) is 0 Å². The highest BCUT2D eigenvalue weighted by Gasteiger charge is 2.06. The maximum absolute atomic E-state index is 12.2. The van der Waals surface area contributed by atoms with Gasteiger partial charge in [0.05, 0.1) is 0 Å². The van der Waals surface area contributed by atoms with Gasteiger partial charge >= 0.3 is 0 Å². The Morgan fingerprint density at radius 1 is 0.967 bits per heavy atom. The second-order valence-corrected chi connectivity index (χ2v) is 7.54. The van der Waals surface area contributed by atoms with Crippen LogP contribution in [0.15, 0.2) is 66.7 Å². The minimum atomic E-state index is -0.256. The SMILES string of the molecule is CN(C)CCNC(=S)NNC(=O)c1ccc(COc2ccc3ccccc3c2)cc1. The maximum atomic E-state index is 12.2. The van der Waals surface area contributed by atoms with E-state index in [-0.39, 0.29) is 5.91 Å². The average Bonchev–Trinajstić information content (AvgIpc) is 2.76. The van der Waals surface area contributed by atoms with E-state index in [1.165, 1.54) is 5.39 Å². The standard InChI is InChI=1S/C23H26N4O2S/c1-27(2)14-13-24-23(30)26-25-22(28)19-9-7-17(8-10-19)16-29-21-12-11-18-5-3-4-6-20(18)15-21/h3-12,15H,13-14,16H2,1-2H3,(H,25,28)(H2,24,26,30). The molecule has 0 aliphatic carbocycles. The quantitative estimate of drug-likeness (QED) is 0.402. The number of rotatable bonds is 7. The number of hydrogen-bond acceptors (Lipinski definition) is 4. The third-order valence-corrected chi connectivity index (χ3v) is 4.72. The number of hydrazine groups is 1. The number of likely N-dealkylation sites (N-methyl/N-ethyl adjacent to an activating group) is 1. The lowest BCUT2D eigenvalue weighted by molar-refractivity contribution is 0.0943. The van der Waals surface area contributed by atoms with Crippen LogP contribution in [0.2, 0.25) is 0 Å². The molecule has 156 valence electrons. The number of carbonyl (C=O) groups excluding carboxylic acids is 1. The molecule has 3 rings (SSSR count). The van der Waals surface area contributed by atoms with Crippen molar-refractivity contribution in [2.24, 2.45) is 0 Å². The van der Waals surface area contributed by atoms with Crippen molar-refractivity contribution in [3.63, 3.8) is 0 Å². The molecule has 0 saturated carbocycles. The van der Waals surface area contributed by atoms with E-state index in [0.717, 1.165) is 23.2 Å². The van der Waals surface area contributed by atoms with Crippen LogP contribution >= 0.6 is 12.2 Å². The van der Waals surface area contributed by atoms with Crippen LogP contribution in [-0.2, 0) is 6.61 Å². The predicted molar refractivity (Wildman–Crippen MR) is 124 cm³/mol. The highest BCUT2D eigenvalue weighted by Crippen LogP contribution is 2.21. The molecule has 0 aromatic heterocycles. The average molecular weight is 423 g/mol. The first-order valence-corrected chi connectivity index (χ1v) is 10.1. The number of hydrogen-bond donors (Lipinski definition) is 3. The van der Waals surface area contributed by atoms with Gasteiger partial charge in [-0.15, -0.1) is 0 Å². The van der Waals surface area contributed by atoms with E-state index in [1.54, 1.807) is 12.1 Å². The van der Waals surface area contributed by atoms with Crippen LogP contribution in [0, 0.1) is 0 Å². The number of benzene rings is 3. The summed E-state index contributed by atoms with van der Waals surface area (Å²) in [5.74, 6) is 0.559. The molecule has 3 aromatic carbocycles. The van der Waals surface area contributed by atoms with Gasteiger partial charge in [0.1, 0.15) is 12.4 Å². The molecule has 3 aromatic rings. The Morgan fingerprint density at radius 2 is 1.70 bits per heavy atom. The third-order valence-electron chi connectivity index (χ3n) is 4.48. The number of nitrogens with one attached hydrogen (secondary N) is 3. The molecule has 0 aliphatic rings. The molecule has 0 spiro atoms. The molecule has 0 heterocycles. The molecular formula is C23H26N4O2S. The lowest BCUT2D eigenvalue weighted by atomic mass is 10.1. The van der Waals surface area contributed by atoms with Crippen LogP contribution in [0.5, 0.6) is 5.75 Å². The third kappa shape index (κ3) is 6.43. The fraction of sp³-hybridized carbons (Fsp3) is 0.217. The van der Waals surface area contributed by atoms with E-state index in [9.17, 15) is 4.79 Å². The minimum Gasteiger partial charge on any atom is -0.489 e. The molecule has 1 amide bonds. The Hall–Kier alpha value is -3.16. The van der Waals surface area contributed by atoms with E-state index >= 15 is 0 Å². The van der Waals surface area contributed by atoms with Crippen LogP contribution in [0.25, 0.3) is 10.8 Å². The Morgan fingerprint density at radius 3 is 2.43 bits per heavy atom. The van der Waals surface area contributed by atoms with E-state index in [0.29, 0.717) is 23.8 Å². The molecule has 0 radical (unpaired) electrons. The van der Waals surface area contributed by atoms with Crippen molar-refractivity contribution in [3.8, 4) is 5.75 Å². The Kier molecular flexibility index (Phi) is 7.59. The number of nitrogens with zero attached hydrogens (tertiary/aromatic N) is 1. The second kappa shape index (κ2) is 10.6. The summed E-state index contributed by atoms with van der Waals surface area (Å²) in [7, 11) is 3.97. The van der Waals surface area contributed by atoms with Gasteiger partial charge in [-0.05, 0) is 66.9 Å². The molecule has 0 aliphatic heterocycles. The fourth-order valence-electron chi connectivity index (χ4n) is 2.80. The lowest BCUT2D eigenvalue weighted by Gasteiger charge is -2.14. The van der Waals surface area contributed by atoms with Crippen molar-refractivity contribution < 1.29 is 9.53 Å². The first-order chi connectivity index (χ1) is 14.5. The summed E-state index contributed by atoms with van der Waals surface area (Å²) in [4.78, 5) is 14.3. The first kappa shape index (κ1) is 21.5. The first-order valence-electron chi connectivity index (χ1n) is 9.71.